The first-order chi connectivity index (χ1) is 48.7. The number of carbonyl (C=O) groups excluding carboxylic acids is 2. The molecule has 0 saturated carbocycles. The summed E-state index contributed by atoms with van der Waals surface area (Å²) in [6, 6.07) is 52.9. The van der Waals surface area contributed by atoms with Gasteiger partial charge in [-0.3, -0.25) is 0 Å². The Morgan fingerprint density at radius 3 is 1.14 bits per heavy atom. The fourth-order valence-electron chi connectivity index (χ4n) is 14.5. The molecule has 6 aromatic carbocycles. The highest BCUT2D eigenvalue weighted by Gasteiger charge is 2.53. The van der Waals surface area contributed by atoms with Crippen LogP contribution in [0.2, 0.25) is 61.4 Å². The average molecular weight is 1480 g/mol. The van der Waals surface area contributed by atoms with Gasteiger partial charge in [-0.05, 0) is 160 Å². The Balaban J connectivity index is 0.000000291. The summed E-state index contributed by atoms with van der Waals surface area (Å²) in [4.78, 5) is 26.5. The minimum absolute atomic E-state index is 0.0138. The lowest BCUT2D eigenvalue weighted by Gasteiger charge is -2.44. The second-order valence-electron chi connectivity index (χ2n) is 34.4. The van der Waals surface area contributed by atoms with Crippen LogP contribution >= 0.6 is 0 Å². The topological polar surface area (TPSA) is 128 Å². The van der Waals surface area contributed by atoms with Gasteiger partial charge in [-0.2, -0.15) is 0 Å². The molecule has 1 N–H and O–H groups in total. The molecule has 0 radical (unpaired) electrons. The molecule has 2 fully saturated rings. The van der Waals surface area contributed by atoms with Crippen LogP contribution in [0, 0.1) is 33.6 Å². The van der Waals surface area contributed by atoms with E-state index >= 15 is 0 Å². The summed E-state index contributed by atoms with van der Waals surface area (Å²) >= 11 is 0. The molecule has 15 heteroatoms. The van der Waals surface area contributed by atoms with Gasteiger partial charge in [0.25, 0.3) is 16.6 Å². The maximum absolute atomic E-state index is 13.2. The molecule has 104 heavy (non-hydrogen) atoms. The van der Waals surface area contributed by atoms with E-state index in [1.165, 1.54) is 20.7 Å². The molecule has 8 rings (SSSR count). The van der Waals surface area contributed by atoms with Crippen molar-refractivity contribution in [2.75, 3.05) is 13.2 Å². The molecule has 0 spiro atoms. The van der Waals surface area contributed by atoms with Gasteiger partial charge in [0.2, 0.25) is 0 Å². The number of ether oxygens (including phenoxy) is 6. The Labute approximate surface area is 630 Å². The molecular weight excluding hydrogens is 1360 g/mol. The number of hydrogen-bond acceptors (Lipinski definition) is 11. The highest BCUT2D eigenvalue weighted by Crippen LogP contribution is 2.41. The fraction of sp³-hybridized carbons (Fsp3) is 0.483. The van der Waals surface area contributed by atoms with E-state index in [4.69, 9.17) is 37.3 Å². The summed E-state index contributed by atoms with van der Waals surface area (Å²) < 4.78 is 51.5. The molecule has 0 bridgehead atoms. The zero-order valence-electron chi connectivity index (χ0n) is 67.3. The highest BCUT2D eigenvalue weighted by molar-refractivity contribution is 7.00. The Hall–Kier alpha value is -6.19. The van der Waals surface area contributed by atoms with E-state index in [2.05, 4.69) is 254 Å². The van der Waals surface area contributed by atoms with Crippen molar-refractivity contribution in [1.29, 1.82) is 0 Å². The van der Waals surface area contributed by atoms with Crippen LogP contribution in [-0.2, 0) is 37.3 Å². The van der Waals surface area contributed by atoms with Crippen LogP contribution in [0.4, 0.5) is 0 Å². The predicted molar refractivity (Wildman–Crippen MR) is 443 cm³/mol. The standard InChI is InChI=1S/C45H64O5Si2.C44H62O6Si2/c1-33-31-35(3)41(43(46)47-29-30-51(10,11)12)37(32-33)23-20-28-40-42(49-45(8,9)48-40)34(2)21-19-22-36(4)50-52(44(5,6)7,38-24-15-13-16-25-38)39-26-17-14-18-27-39;1-32-30-33(2)40(42(46)47-28-29-51(9,10)11)35(31-32)21-19-27-39-41(49-44(7,8)48-39)38(45)26-18-20-34(3)50-52(43(4,5)6,36-22-14-12-15-23-36)37-24-16-13-17-25-37/h13-21,23-27,31-32,34,36,40,42H,22,28-30H2,1-12H3;12-19,21-26,30-31,34,38-39,41,45H,20,27-29H2,1-11H3/b21-19-,23-20+;21-19+,26-18-/t34?,36-,40-,42+;34-,38?,39-,41+/m00/s1. The zero-order chi connectivity index (χ0) is 76.6. The molecule has 2 saturated heterocycles. The van der Waals surface area contributed by atoms with E-state index in [0.717, 1.165) is 51.9 Å². The van der Waals surface area contributed by atoms with Gasteiger partial charge >= 0.3 is 11.9 Å². The van der Waals surface area contributed by atoms with Crippen LogP contribution in [0.1, 0.15) is 170 Å². The maximum atomic E-state index is 13.2. The fourth-order valence-corrected chi connectivity index (χ4v) is 25.4. The van der Waals surface area contributed by atoms with Crippen LogP contribution in [0.25, 0.3) is 12.2 Å². The number of esters is 2. The number of rotatable bonds is 30. The number of carbonyl (C=O) groups is 2. The van der Waals surface area contributed by atoms with Crippen molar-refractivity contribution in [3.8, 4) is 0 Å². The second kappa shape index (κ2) is 36.6. The normalized spacial score (nSPS) is 19.3. The summed E-state index contributed by atoms with van der Waals surface area (Å²) in [5.41, 5.74) is 6.95. The molecule has 6 aromatic rings. The number of benzene rings is 6. The first-order valence-electron chi connectivity index (χ1n) is 37.9. The largest absolute Gasteiger partial charge is 0.462 e. The van der Waals surface area contributed by atoms with Gasteiger partial charge in [0.1, 0.15) is 12.2 Å². The summed E-state index contributed by atoms with van der Waals surface area (Å²) in [5, 5.41) is 16.3. The van der Waals surface area contributed by atoms with E-state index in [0.29, 0.717) is 43.6 Å². The Morgan fingerprint density at radius 1 is 0.481 bits per heavy atom. The molecule has 11 nitrogen and oxygen atoms in total. The molecule has 2 aliphatic rings. The minimum atomic E-state index is -2.70. The lowest BCUT2D eigenvalue weighted by atomic mass is 9.95. The van der Waals surface area contributed by atoms with E-state index in [-0.39, 0.29) is 58.5 Å². The quantitative estimate of drug-likeness (QED) is 0.0263. The first-order valence-corrected chi connectivity index (χ1v) is 49.1. The number of hydrogen-bond donors (Lipinski definition) is 1. The van der Waals surface area contributed by atoms with Gasteiger partial charge in [-0.15, -0.1) is 0 Å². The average Bonchev–Trinajstić information content (AvgIpc) is 1.31. The van der Waals surface area contributed by atoms with Gasteiger partial charge in [0, 0.05) is 34.3 Å². The van der Waals surface area contributed by atoms with Crippen molar-refractivity contribution in [3.05, 3.63) is 227 Å². The SMILES string of the molecule is Cc1cc(C)c(C(=O)OCC[Si](C)(C)C)c(/C=C/C[C@@H]2OC(C)(C)O[C@@H]2C(C)/C=C\C[C@H](C)O[Si](c2ccccc2)(c2ccccc2)C(C)(C)C)c1.Cc1cc(C)c(C(=O)OCC[Si](C)(C)C)c(/C=C/C[C@@H]2OC(C)(C)O[C@@H]2C(O)/C=C\C[C@H](C)O[Si](c2ccccc2)(c2ccccc2)C(C)(C)C)c1. The van der Waals surface area contributed by atoms with Crippen molar-refractivity contribution in [1.82, 2.24) is 0 Å². The zero-order valence-corrected chi connectivity index (χ0v) is 71.3. The van der Waals surface area contributed by atoms with Gasteiger partial charge < -0.3 is 42.4 Å². The lowest BCUT2D eigenvalue weighted by Crippen LogP contribution is -2.67. The Morgan fingerprint density at radius 2 is 0.808 bits per heavy atom. The van der Waals surface area contributed by atoms with Crippen molar-refractivity contribution >= 4 is 77.6 Å². The Bertz CT molecular complexity index is 3510. The smallest absolute Gasteiger partial charge is 0.338 e. The molecule has 0 amide bonds. The van der Waals surface area contributed by atoms with Crippen LogP contribution in [0.15, 0.2) is 182 Å². The van der Waals surface area contributed by atoms with Crippen molar-refractivity contribution < 1.29 is 52.0 Å². The monoisotopic (exact) mass is 1480 g/mol. The summed E-state index contributed by atoms with van der Waals surface area (Å²) in [5.74, 6) is -1.94. The van der Waals surface area contributed by atoms with Crippen molar-refractivity contribution in [3.63, 3.8) is 0 Å². The second-order valence-corrected chi connectivity index (χ2v) is 54.1. The van der Waals surface area contributed by atoms with Gasteiger partial charge in [0.15, 0.2) is 11.6 Å². The van der Waals surface area contributed by atoms with Gasteiger partial charge in [0.05, 0.1) is 42.7 Å². The van der Waals surface area contributed by atoms with E-state index < -0.39 is 56.6 Å². The Kier molecular flexibility index (Phi) is 29.9. The molecule has 2 aliphatic heterocycles. The molecule has 564 valence electrons. The highest BCUT2D eigenvalue weighted by atomic mass is 28.4. The van der Waals surface area contributed by atoms with Crippen molar-refractivity contribution in [2.24, 2.45) is 5.92 Å². The number of aliphatic hydroxyl groups is 1. The number of aliphatic hydroxyl groups excluding tert-OH is 1. The van der Waals surface area contributed by atoms with Crippen LogP contribution < -0.4 is 20.7 Å². The third-order valence-electron chi connectivity index (χ3n) is 19.5. The summed E-state index contributed by atoms with van der Waals surface area (Å²) in [6.45, 7) is 50.6. The third kappa shape index (κ3) is 23.4. The van der Waals surface area contributed by atoms with Gasteiger partial charge in [-0.1, -0.05) is 293 Å². The minimum Gasteiger partial charge on any atom is -0.462 e. The van der Waals surface area contributed by atoms with E-state index in [9.17, 15) is 14.7 Å². The molecule has 2 unspecified atom stereocenters. The molecule has 8 atom stereocenters. The molecule has 2 heterocycles. The molecular formula is C89H126O11Si4. The van der Waals surface area contributed by atoms with Crippen LogP contribution in [0.3, 0.4) is 0 Å². The van der Waals surface area contributed by atoms with E-state index in [1.807, 2.05) is 97.0 Å². The molecule has 0 aliphatic carbocycles. The van der Waals surface area contributed by atoms with Crippen LogP contribution in [-0.4, -0.2) is 117 Å². The lowest BCUT2D eigenvalue weighted by molar-refractivity contribution is -0.152. The molecule has 0 aromatic heterocycles. The van der Waals surface area contributed by atoms with Crippen LogP contribution in [0.5, 0.6) is 0 Å². The van der Waals surface area contributed by atoms with E-state index in [1.54, 1.807) is 0 Å². The third-order valence-corrected chi connectivity index (χ3v) is 33.3. The maximum Gasteiger partial charge on any atom is 0.338 e. The summed E-state index contributed by atoms with van der Waals surface area (Å²) in [6.07, 6.45) is 16.9. The summed E-state index contributed by atoms with van der Waals surface area (Å²) in [7, 11) is -7.97. The first kappa shape index (κ1) is 85.1. The number of aryl methyl sites for hydroxylation is 4. The van der Waals surface area contributed by atoms with Crippen molar-refractivity contribution in [2.45, 2.75) is 259 Å². The predicted octanol–water partition coefficient (Wildman–Crippen LogP) is 19.3. The van der Waals surface area contributed by atoms with Gasteiger partial charge in [-0.25, -0.2) is 9.59 Å².